The van der Waals surface area contributed by atoms with Crippen LogP contribution in [0.5, 0.6) is 0 Å². The molecule has 0 N–H and O–H groups in total. The molecule has 5 nitrogen and oxygen atoms in total. The highest BCUT2D eigenvalue weighted by molar-refractivity contribution is 7.11. The Morgan fingerprint density at radius 2 is 2.24 bits per heavy atom. The van der Waals surface area contributed by atoms with Gasteiger partial charge in [0, 0.05) is 29.6 Å². The van der Waals surface area contributed by atoms with E-state index in [-0.39, 0.29) is 30.4 Å². The minimum atomic E-state index is -0.390. The average molecular weight is 361 g/mol. The van der Waals surface area contributed by atoms with Crippen molar-refractivity contribution < 1.29 is 13.9 Å². The summed E-state index contributed by atoms with van der Waals surface area (Å²) in [5, 5.41) is 1.05. The van der Waals surface area contributed by atoms with Crippen molar-refractivity contribution in [2.24, 2.45) is 5.92 Å². The smallest absolute Gasteiger partial charge is 0.228 e. The number of hydrogen-bond donors (Lipinski definition) is 0. The molecule has 0 aliphatic carbocycles. The predicted octanol–water partition coefficient (Wildman–Crippen LogP) is 2.83. The Morgan fingerprint density at radius 1 is 1.40 bits per heavy atom. The highest BCUT2D eigenvalue weighted by Crippen LogP contribution is 2.42. The summed E-state index contributed by atoms with van der Waals surface area (Å²) in [5.41, 5.74) is 1.67. The maximum atomic E-state index is 12.9. The molecule has 132 valence electrons. The molecule has 0 bridgehead atoms. The molecule has 2 aliphatic heterocycles. The number of halogens is 1. The van der Waals surface area contributed by atoms with Gasteiger partial charge in [0.25, 0.3) is 0 Å². The summed E-state index contributed by atoms with van der Waals surface area (Å²) in [6, 6.07) is 2.89. The second-order valence-electron chi connectivity index (χ2n) is 6.80. The van der Waals surface area contributed by atoms with Crippen LogP contribution in [0.3, 0.4) is 0 Å². The molecule has 2 aliphatic rings. The molecule has 0 radical (unpaired) electrons. The van der Waals surface area contributed by atoms with Crippen LogP contribution in [0.25, 0.3) is 0 Å². The lowest BCUT2D eigenvalue weighted by atomic mass is 10.0. The molecule has 3 atom stereocenters. The Hall–Kier alpha value is -1.86. The van der Waals surface area contributed by atoms with Crippen molar-refractivity contribution in [3.05, 3.63) is 45.4 Å². The number of aryl methyl sites for hydroxylation is 2. The number of rotatable bonds is 3. The molecule has 7 heteroatoms. The van der Waals surface area contributed by atoms with Gasteiger partial charge in [-0.05, 0) is 32.4 Å². The zero-order valence-electron chi connectivity index (χ0n) is 14.2. The first kappa shape index (κ1) is 16.6. The number of hydrogen-bond acceptors (Lipinski definition) is 5. The van der Waals surface area contributed by atoms with E-state index < -0.39 is 0 Å². The summed E-state index contributed by atoms with van der Waals surface area (Å²) < 4.78 is 19.1. The second kappa shape index (κ2) is 6.46. The van der Waals surface area contributed by atoms with Crippen LogP contribution in [0.2, 0.25) is 0 Å². The number of amides is 1. The summed E-state index contributed by atoms with van der Waals surface area (Å²) in [6.45, 7) is 5.43. The quantitative estimate of drug-likeness (QED) is 0.844. The molecule has 0 aromatic carbocycles. The molecular weight excluding hydrogens is 341 g/mol. The first-order valence-corrected chi connectivity index (χ1v) is 9.29. The summed E-state index contributed by atoms with van der Waals surface area (Å²) in [4.78, 5) is 24.1. The van der Waals surface area contributed by atoms with Crippen molar-refractivity contribution in [2.75, 3.05) is 13.1 Å². The summed E-state index contributed by atoms with van der Waals surface area (Å²) >= 11 is 1.70. The van der Waals surface area contributed by atoms with E-state index in [9.17, 15) is 9.18 Å². The molecule has 2 saturated heterocycles. The largest absolute Gasteiger partial charge is 0.366 e. The van der Waals surface area contributed by atoms with E-state index in [1.54, 1.807) is 17.4 Å². The van der Waals surface area contributed by atoms with Gasteiger partial charge in [-0.3, -0.25) is 9.78 Å². The van der Waals surface area contributed by atoms with Gasteiger partial charge < -0.3 is 9.64 Å². The normalized spacial score (nSPS) is 25.4. The van der Waals surface area contributed by atoms with Crippen molar-refractivity contribution in [3.8, 4) is 0 Å². The Morgan fingerprint density at radius 3 is 2.88 bits per heavy atom. The van der Waals surface area contributed by atoms with E-state index in [1.807, 2.05) is 11.8 Å². The third-order valence-corrected chi connectivity index (χ3v) is 6.20. The topological polar surface area (TPSA) is 55.3 Å². The summed E-state index contributed by atoms with van der Waals surface area (Å²) in [6.07, 6.45) is 2.40. The van der Waals surface area contributed by atoms with Crippen molar-refractivity contribution in [1.82, 2.24) is 14.9 Å². The average Bonchev–Trinajstić information content (AvgIpc) is 3.23. The Kier molecular flexibility index (Phi) is 4.29. The number of pyridine rings is 1. The highest BCUT2D eigenvalue weighted by atomic mass is 32.1. The number of carbonyl (C=O) groups excluding carboxylic acids is 1. The molecular formula is C18H20FN3O2S. The Labute approximate surface area is 149 Å². The van der Waals surface area contributed by atoms with Gasteiger partial charge in [0.1, 0.15) is 16.9 Å². The number of nitrogens with zero attached hydrogens (tertiary/aromatic N) is 3. The molecule has 4 rings (SSSR count). The maximum absolute atomic E-state index is 12.9. The Balaban J connectivity index is 1.35. The first-order valence-electron chi connectivity index (χ1n) is 8.47. The summed E-state index contributed by atoms with van der Waals surface area (Å²) in [7, 11) is 0. The van der Waals surface area contributed by atoms with Gasteiger partial charge in [-0.1, -0.05) is 0 Å². The second-order valence-corrected chi connectivity index (χ2v) is 8.03. The van der Waals surface area contributed by atoms with E-state index in [0.29, 0.717) is 24.7 Å². The van der Waals surface area contributed by atoms with Gasteiger partial charge in [-0.2, -0.15) is 0 Å². The van der Waals surface area contributed by atoms with Crippen molar-refractivity contribution >= 4 is 17.2 Å². The fourth-order valence-electron chi connectivity index (χ4n) is 3.54. The molecule has 1 amide bonds. The zero-order chi connectivity index (χ0) is 17.6. The van der Waals surface area contributed by atoms with Crippen LogP contribution < -0.4 is 0 Å². The minimum absolute atomic E-state index is 0.0228. The van der Waals surface area contributed by atoms with Gasteiger partial charge in [0.15, 0.2) is 0 Å². The third-order valence-electron chi connectivity index (χ3n) is 5.03. The van der Waals surface area contributed by atoms with Gasteiger partial charge >= 0.3 is 0 Å². The lowest BCUT2D eigenvalue weighted by Crippen LogP contribution is -2.32. The number of thiazole rings is 1. The lowest BCUT2D eigenvalue weighted by Gasteiger charge is -2.18. The van der Waals surface area contributed by atoms with Gasteiger partial charge in [-0.25, -0.2) is 9.37 Å². The third kappa shape index (κ3) is 3.30. The maximum Gasteiger partial charge on any atom is 0.228 e. The standard InChI is InChI=1S/C18H20FN3O2S/c1-10-11(2)25-18(21-10)15-5-12-8-22(9-16(12)24-15)17(23)6-14-4-3-13(19)7-20-14/h3-4,7,12,15-16H,5-6,8-9H2,1-2H3/t12-,15-,16+/m0/s1. The van der Waals surface area contributed by atoms with E-state index in [4.69, 9.17) is 4.74 Å². The zero-order valence-corrected chi connectivity index (χ0v) is 15.1. The van der Waals surface area contributed by atoms with Crippen molar-refractivity contribution in [1.29, 1.82) is 0 Å². The van der Waals surface area contributed by atoms with Crippen LogP contribution in [0.1, 0.15) is 33.8 Å². The van der Waals surface area contributed by atoms with E-state index >= 15 is 0 Å². The van der Waals surface area contributed by atoms with Crippen LogP contribution >= 0.6 is 11.3 Å². The molecule has 2 fully saturated rings. The molecule has 2 aromatic rings. The van der Waals surface area contributed by atoms with Gasteiger partial charge in [-0.15, -0.1) is 11.3 Å². The molecule has 25 heavy (non-hydrogen) atoms. The predicted molar refractivity (Wildman–Crippen MR) is 91.8 cm³/mol. The van der Waals surface area contributed by atoms with Crippen LogP contribution in [0, 0.1) is 25.6 Å². The van der Waals surface area contributed by atoms with E-state index in [1.165, 1.54) is 10.9 Å². The number of aromatic nitrogens is 2. The van der Waals surface area contributed by atoms with Crippen LogP contribution in [-0.4, -0.2) is 40.0 Å². The van der Waals surface area contributed by atoms with Crippen LogP contribution in [-0.2, 0) is 16.0 Å². The van der Waals surface area contributed by atoms with Crippen molar-refractivity contribution in [2.45, 2.75) is 38.9 Å². The van der Waals surface area contributed by atoms with Gasteiger partial charge in [0.2, 0.25) is 5.91 Å². The fourth-order valence-corrected chi connectivity index (χ4v) is 4.51. The molecule has 4 heterocycles. The number of carbonyl (C=O) groups is 1. The Bertz CT molecular complexity index is 759. The molecule has 0 unspecified atom stereocenters. The number of fused-ring (bicyclic) bond motifs is 1. The minimum Gasteiger partial charge on any atom is -0.366 e. The van der Waals surface area contributed by atoms with E-state index in [2.05, 4.69) is 16.9 Å². The monoisotopic (exact) mass is 361 g/mol. The molecule has 0 spiro atoms. The SMILES string of the molecule is Cc1nc([C@@H]2C[C@H]3CN(C(=O)Cc4ccc(F)cn4)C[C@H]3O2)sc1C. The fraction of sp³-hybridized carbons (Fsp3) is 0.500. The van der Waals surface area contributed by atoms with Gasteiger partial charge in [0.05, 0.1) is 24.4 Å². The van der Waals surface area contributed by atoms with Crippen LogP contribution in [0.4, 0.5) is 4.39 Å². The summed E-state index contributed by atoms with van der Waals surface area (Å²) in [5.74, 6) is -0.00626. The first-order chi connectivity index (χ1) is 12.0. The van der Waals surface area contributed by atoms with Crippen LogP contribution in [0.15, 0.2) is 18.3 Å². The lowest BCUT2D eigenvalue weighted by molar-refractivity contribution is -0.130. The number of ether oxygens (including phenoxy) is 1. The van der Waals surface area contributed by atoms with Crippen molar-refractivity contribution in [3.63, 3.8) is 0 Å². The molecule has 2 aromatic heterocycles. The highest BCUT2D eigenvalue weighted by Gasteiger charge is 2.44. The molecule has 0 saturated carbocycles. The number of likely N-dealkylation sites (tertiary alicyclic amines) is 1. The van der Waals surface area contributed by atoms with E-state index in [0.717, 1.165) is 23.3 Å².